The number of halogens is 2. The molecule has 22 heavy (non-hydrogen) atoms. The van der Waals surface area contributed by atoms with Gasteiger partial charge in [-0.25, -0.2) is 0 Å². The van der Waals surface area contributed by atoms with Gasteiger partial charge in [0.05, 0.1) is 0 Å². The third-order valence-electron chi connectivity index (χ3n) is 3.04. The van der Waals surface area contributed by atoms with Gasteiger partial charge >= 0.3 is 0 Å². The largest absolute Gasteiger partial charge is 0.451 e. The van der Waals surface area contributed by atoms with E-state index in [2.05, 4.69) is 10.6 Å². The van der Waals surface area contributed by atoms with Crippen LogP contribution in [0.3, 0.4) is 0 Å². The average molecular weight is 348 g/mol. The van der Waals surface area contributed by atoms with E-state index >= 15 is 0 Å². The van der Waals surface area contributed by atoms with Gasteiger partial charge in [0, 0.05) is 30.6 Å². The van der Waals surface area contributed by atoms with Crippen molar-refractivity contribution in [3.05, 3.63) is 35.6 Å². The van der Waals surface area contributed by atoms with Crippen LogP contribution in [0.5, 0.6) is 0 Å². The second-order valence-electron chi connectivity index (χ2n) is 5.00. The molecule has 1 aromatic heterocycles. The number of fused-ring (bicyclic) bond motifs is 1. The second-order valence-corrected chi connectivity index (χ2v) is 5.00. The Labute approximate surface area is 143 Å². The van der Waals surface area contributed by atoms with Crippen molar-refractivity contribution in [2.75, 3.05) is 34.2 Å². The number of nitrogens with zero attached hydrogens (tertiary/aromatic N) is 1. The lowest BCUT2D eigenvalue weighted by Crippen LogP contribution is -2.31. The van der Waals surface area contributed by atoms with Gasteiger partial charge in [-0.3, -0.25) is 4.79 Å². The van der Waals surface area contributed by atoms with Crippen molar-refractivity contribution in [1.82, 2.24) is 15.5 Å². The maximum atomic E-state index is 12.2. The Morgan fingerprint density at radius 2 is 1.86 bits per heavy atom. The molecular weight excluding hydrogens is 325 g/mol. The molecule has 0 fully saturated rings. The lowest BCUT2D eigenvalue weighted by molar-refractivity contribution is 0.0926. The number of para-hydroxylation sites is 1. The molecule has 2 rings (SSSR count). The molecule has 0 unspecified atom stereocenters. The van der Waals surface area contributed by atoms with E-state index in [4.69, 9.17) is 4.42 Å². The third-order valence-corrected chi connectivity index (χ3v) is 3.04. The van der Waals surface area contributed by atoms with E-state index in [0.29, 0.717) is 18.8 Å². The van der Waals surface area contributed by atoms with E-state index in [1.54, 1.807) is 0 Å². The number of amides is 1. The molecule has 1 amide bonds. The zero-order valence-corrected chi connectivity index (χ0v) is 14.6. The van der Waals surface area contributed by atoms with E-state index in [9.17, 15) is 4.79 Å². The van der Waals surface area contributed by atoms with Crippen molar-refractivity contribution in [3.8, 4) is 0 Å². The molecule has 5 nitrogen and oxygen atoms in total. The molecule has 0 saturated heterocycles. The van der Waals surface area contributed by atoms with Gasteiger partial charge in [-0.05, 0) is 27.2 Å². The summed E-state index contributed by atoms with van der Waals surface area (Å²) in [6, 6.07) is 7.74. The monoisotopic (exact) mass is 347 g/mol. The minimum Gasteiger partial charge on any atom is -0.451 e. The molecule has 2 N–H and O–H groups in total. The van der Waals surface area contributed by atoms with Gasteiger partial charge in [0.25, 0.3) is 5.91 Å². The average Bonchev–Trinajstić information content (AvgIpc) is 2.77. The summed E-state index contributed by atoms with van der Waals surface area (Å²) in [5.41, 5.74) is 1.69. The number of benzene rings is 1. The Bertz CT molecular complexity index is 599. The molecule has 0 radical (unpaired) electrons. The van der Waals surface area contributed by atoms with Gasteiger partial charge < -0.3 is 20.0 Å². The summed E-state index contributed by atoms with van der Waals surface area (Å²) in [6.07, 6.45) is 0. The van der Waals surface area contributed by atoms with Crippen LogP contribution < -0.4 is 10.6 Å². The lowest BCUT2D eigenvalue weighted by atomic mass is 10.1. The van der Waals surface area contributed by atoms with Gasteiger partial charge in [0.15, 0.2) is 5.76 Å². The van der Waals surface area contributed by atoms with Crippen molar-refractivity contribution in [3.63, 3.8) is 0 Å². The van der Waals surface area contributed by atoms with Gasteiger partial charge in [0.2, 0.25) is 0 Å². The molecule has 2 aromatic rings. The molecule has 0 aliphatic rings. The van der Waals surface area contributed by atoms with Crippen LogP contribution in [0.15, 0.2) is 28.7 Å². The molecule has 1 aromatic carbocycles. The van der Waals surface area contributed by atoms with Crippen LogP contribution in [0.1, 0.15) is 16.1 Å². The first-order chi connectivity index (χ1) is 9.63. The van der Waals surface area contributed by atoms with Crippen molar-refractivity contribution in [1.29, 1.82) is 0 Å². The maximum absolute atomic E-state index is 12.2. The summed E-state index contributed by atoms with van der Waals surface area (Å²) in [5.74, 6) is 0.254. The molecule has 0 atom stereocenters. The highest BCUT2D eigenvalue weighted by molar-refractivity contribution is 5.99. The first-order valence-corrected chi connectivity index (χ1v) is 6.71. The minimum atomic E-state index is -0.159. The Kier molecular flexibility index (Phi) is 9.13. The van der Waals surface area contributed by atoms with E-state index in [-0.39, 0.29) is 30.7 Å². The summed E-state index contributed by atoms with van der Waals surface area (Å²) in [5, 5.41) is 6.86. The summed E-state index contributed by atoms with van der Waals surface area (Å²) in [6.45, 7) is 1.98. The number of furan rings is 1. The van der Waals surface area contributed by atoms with Crippen LogP contribution in [-0.4, -0.2) is 45.0 Å². The van der Waals surface area contributed by atoms with Gasteiger partial charge in [0.1, 0.15) is 5.58 Å². The van der Waals surface area contributed by atoms with Crippen molar-refractivity contribution < 1.29 is 9.21 Å². The Morgan fingerprint density at radius 3 is 2.50 bits per heavy atom. The molecule has 124 valence electrons. The molecule has 1 heterocycles. The fourth-order valence-corrected chi connectivity index (χ4v) is 2.14. The highest BCUT2D eigenvalue weighted by atomic mass is 35.5. The van der Waals surface area contributed by atoms with E-state index in [0.717, 1.165) is 23.1 Å². The smallest absolute Gasteiger partial charge is 0.287 e. The SMILES string of the molecule is CNCCNC(=O)c1oc2ccccc2c1CN(C)C.Cl.Cl. The van der Waals surface area contributed by atoms with Crippen LogP contribution >= 0.6 is 24.8 Å². The molecular formula is C15H23Cl2N3O2. The number of carbonyl (C=O) groups is 1. The molecule has 7 heteroatoms. The van der Waals surface area contributed by atoms with Crippen molar-refractivity contribution in [2.24, 2.45) is 0 Å². The molecule has 0 aliphatic carbocycles. The first-order valence-electron chi connectivity index (χ1n) is 6.71. The lowest BCUT2D eigenvalue weighted by Gasteiger charge is -2.10. The number of nitrogens with one attached hydrogen (secondary N) is 2. The predicted octanol–water partition coefficient (Wildman–Crippen LogP) is 2.29. The van der Waals surface area contributed by atoms with Crippen molar-refractivity contribution in [2.45, 2.75) is 6.54 Å². The van der Waals surface area contributed by atoms with Crippen LogP contribution in [0, 0.1) is 0 Å². The molecule has 0 bridgehead atoms. The van der Waals surface area contributed by atoms with Gasteiger partial charge in [-0.15, -0.1) is 24.8 Å². The summed E-state index contributed by atoms with van der Waals surface area (Å²) in [4.78, 5) is 14.3. The maximum Gasteiger partial charge on any atom is 0.287 e. The Morgan fingerprint density at radius 1 is 1.18 bits per heavy atom. The van der Waals surface area contributed by atoms with Gasteiger partial charge in [-0.1, -0.05) is 18.2 Å². The van der Waals surface area contributed by atoms with Crippen LogP contribution in [0.4, 0.5) is 0 Å². The van der Waals surface area contributed by atoms with Crippen LogP contribution in [-0.2, 0) is 6.54 Å². The highest BCUT2D eigenvalue weighted by Gasteiger charge is 2.20. The number of hydrogen-bond acceptors (Lipinski definition) is 4. The Balaban J connectivity index is 0.00000220. The number of carbonyl (C=O) groups excluding carboxylic acids is 1. The zero-order chi connectivity index (χ0) is 14.5. The number of likely N-dealkylation sites (N-methyl/N-ethyl adjacent to an activating group) is 1. The fourth-order valence-electron chi connectivity index (χ4n) is 2.14. The Hall–Kier alpha value is -1.27. The number of hydrogen-bond donors (Lipinski definition) is 2. The van der Waals surface area contributed by atoms with E-state index in [1.807, 2.05) is 50.3 Å². The zero-order valence-electron chi connectivity index (χ0n) is 13.0. The normalized spacial score (nSPS) is 10.2. The second kappa shape index (κ2) is 9.69. The fraction of sp³-hybridized carbons (Fsp3) is 0.400. The topological polar surface area (TPSA) is 57.5 Å². The molecule has 0 aliphatic heterocycles. The summed E-state index contributed by atoms with van der Waals surface area (Å²) >= 11 is 0. The van der Waals surface area contributed by atoms with E-state index < -0.39 is 0 Å². The van der Waals surface area contributed by atoms with Gasteiger partial charge in [-0.2, -0.15) is 0 Å². The summed E-state index contributed by atoms with van der Waals surface area (Å²) < 4.78 is 5.73. The highest BCUT2D eigenvalue weighted by Crippen LogP contribution is 2.26. The molecule has 0 spiro atoms. The number of rotatable bonds is 6. The van der Waals surface area contributed by atoms with Crippen LogP contribution in [0.25, 0.3) is 11.0 Å². The van der Waals surface area contributed by atoms with Crippen LogP contribution in [0.2, 0.25) is 0 Å². The van der Waals surface area contributed by atoms with Crippen molar-refractivity contribution >= 4 is 41.7 Å². The predicted molar refractivity (Wildman–Crippen MR) is 94.4 cm³/mol. The minimum absolute atomic E-state index is 0. The first kappa shape index (κ1) is 20.7. The quantitative estimate of drug-likeness (QED) is 0.787. The molecule has 0 saturated carbocycles. The summed E-state index contributed by atoms with van der Waals surface area (Å²) in [7, 11) is 5.81. The standard InChI is InChI=1S/C15H21N3O2.2ClH/c1-16-8-9-17-15(19)14-12(10-18(2)3)11-6-4-5-7-13(11)20-14;;/h4-7,16H,8-10H2,1-3H3,(H,17,19);2*1H. The van der Waals surface area contributed by atoms with E-state index in [1.165, 1.54) is 0 Å². The third kappa shape index (κ3) is 4.88.